The van der Waals surface area contributed by atoms with Crippen LogP contribution in [-0.4, -0.2) is 33.9 Å². The minimum absolute atomic E-state index is 0.0146. The van der Waals surface area contributed by atoms with E-state index < -0.39 is 24.6 Å². The molecule has 0 bridgehead atoms. The molecule has 2 heterocycles. The smallest absolute Gasteiger partial charge is 0.319 e. The van der Waals surface area contributed by atoms with E-state index in [9.17, 15) is 18.7 Å². The van der Waals surface area contributed by atoms with Crippen molar-refractivity contribution >= 4 is 23.1 Å². The van der Waals surface area contributed by atoms with E-state index in [4.69, 9.17) is 0 Å². The number of amides is 2. The molecule has 2 aromatic heterocycles. The summed E-state index contributed by atoms with van der Waals surface area (Å²) in [5.74, 6) is 0. The third kappa shape index (κ3) is 4.50. The molecule has 6 nitrogen and oxygen atoms in total. The minimum Gasteiger partial charge on any atom is -0.384 e. The molecule has 22 heavy (non-hydrogen) atoms. The Balaban J connectivity index is 1.84. The van der Waals surface area contributed by atoms with Crippen LogP contribution in [0, 0.1) is 0 Å². The second-order valence-corrected chi connectivity index (χ2v) is 5.72. The fourth-order valence-electron chi connectivity index (χ4n) is 1.77. The Bertz CT molecular complexity index is 613. The summed E-state index contributed by atoms with van der Waals surface area (Å²) < 4.78 is 25.4. The summed E-state index contributed by atoms with van der Waals surface area (Å²) in [4.78, 5) is 11.7. The summed E-state index contributed by atoms with van der Waals surface area (Å²) >= 11 is 1.45. The third-order valence-electron chi connectivity index (χ3n) is 2.95. The maximum atomic E-state index is 12.2. The number of thiophene rings is 1. The van der Waals surface area contributed by atoms with Gasteiger partial charge in [-0.2, -0.15) is 16.4 Å². The third-order valence-corrected chi connectivity index (χ3v) is 3.64. The SMILES string of the molecule is C[C@](O)(CNC(=O)Nc1cnn(CC(F)F)c1)c1ccsc1. The van der Waals surface area contributed by atoms with Gasteiger partial charge in [0.15, 0.2) is 0 Å². The van der Waals surface area contributed by atoms with Crippen LogP contribution >= 0.6 is 11.3 Å². The van der Waals surface area contributed by atoms with Crippen LogP contribution in [0.5, 0.6) is 0 Å². The Morgan fingerprint density at radius 3 is 3.00 bits per heavy atom. The number of urea groups is 1. The van der Waals surface area contributed by atoms with Crippen LogP contribution in [-0.2, 0) is 12.1 Å². The number of anilines is 1. The number of aromatic nitrogens is 2. The van der Waals surface area contributed by atoms with E-state index in [2.05, 4.69) is 15.7 Å². The van der Waals surface area contributed by atoms with Gasteiger partial charge in [-0.1, -0.05) is 0 Å². The van der Waals surface area contributed by atoms with Gasteiger partial charge in [-0.05, 0) is 29.3 Å². The van der Waals surface area contributed by atoms with Gasteiger partial charge in [-0.25, -0.2) is 13.6 Å². The van der Waals surface area contributed by atoms with Crippen molar-refractivity contribution in [3.63, 3.8) is 0 Å². The zero-order valence-corrected chi connectivity index (χ0v) is 12.6. The number of hydrogen-bond acceptors (Lipinski definition) is 4. The standard InChI is InChI=1S/C13H16F2N4O2S/c1-13(21,9-2-3-22-7-9)8-16-12(20)18-10-4-17-19(5-10)6-11(14)15/h2-5,7,11,21H,6,8H2,1H3,(H2,16,18,20)/t13-/m0/s1. The molecule has 0 fully saturated rings. The molecule has 2 rings (SSSR count). The monoisotopic (exact) mass is 330 g/mol. The molecule has 0 aliphatic heterocycles. The van der Waals surface area contributed by atoms with Crippen LogP contribution in [0.2, 0.25) is 0 Å². The number of nitrogens with zero attached hydrogens (tertiary/aromatic N) is 2. The van der Waals surface area contributed by atoms with Crippen molar-refractivity contribution in [3.05, 3.63) is 34.8 Å². The Labute approximate surface area is 129 Å². The first-order chi connectivity index (χ1) is 10.4. The predicted molar refractivity (Wildman–Crippen MR) is 79.1 cm³/mol. The second kappa shape index (κ2) is 6.84. The lowest BCUT2D eigenvalue weighted by molar-refractivity contribution is 0.0604. The molecular weight excluding hydrogens is 314 g/mol. The molecule has 0 radical (unpaired) electrons. The van der Waals surface area contributed by atoms with Gasteiger partial charge in [0.05, 0.1) is 18.4 Å². The van der Waals surface area contributed by atoms with E-state index in [1.807, 2.05) is 5.38 Å². The van der Waals surface area contributed by atoms with Crippen molar-refractivity contribution in [2.75, 3.05) is 11.9 Å². The van der Waals surface area contributed by atoms with Crippen molar-refractivity contribution in [1.29, 1.82) is 0 Å². The Morgan fingerprint density at radius 2 is 2.36 bits per heavy atom. The molecule has 0 saturated carbocycles. The van der Waals surface area contributed by atoms with E-state index in [0.29, 0.717) is 11.3 Å². The molecule has 0 saturated heterocycles. The number of halogens is 2. The van der Waals surface area contributed by atoms with Gasteiger partial charge in [-0.3, -0.25) is 4.68 Å². The normalized spacial score (nSPS) is 13.9. The highest BCUT2D eigenvalue weighted by atomic mass is 32.1. The van der Waals surface area contributed by atoms with Crippen LogP contribution < -0.4 is 10.6 Å². The number of carbonyl (C=O) groups is 1. The Morgan fingerprint density at radius 1 is 1.59 bits per heavy atom. The quantitative estimate of drug-likeness (QED) is 0.760. The fraction of sp³-hybridized carbons (Fsp3) is 0.385. The van der Waals surface area contributed by atoms with Crippen LogP contribution in [0.25, 0.3) is 0 Å². The molecule has 9 heteroatoms. The highest BCUT2D eigenvalue weighted by Gasteiger charge is 2.24. The van der Waals surface area contributed by atoms with Gasteiger partial charge in [0.25, 0.3) is 6.43 Å². The number of nitrogens with one attached hydrogen (secondary N) is 2. The van der Waals surface area contributed by atoms with E-state index in [1.165, 1.54) is 23.7 Å². The maximum Gasteiger partial charge on any atom is 0.319 e. The largest absolute Gasteiger partial charge is 0.384 e. The molecular formula is C13H16F2N4O2S. The van der Waals surface area contributed by atoms with E-state index in [0.717, 1.165) is 4.68 Å². The molecule has 0 aromatic carbocycles. The topological polar surface area (TPSA) is 79.2 Å². The fourth-order valence-corrected chi connectivity index (χ4v) is 2.55. The second-order valence-electron chi connectivity index (χ2n) is 4.94. The molecule has 120 valence electrons. The van der Waals surface area contributed by atoms with Crippen molar-refractivity contribution in [3.8, 4) is 0 Å². The van der Waals surface area contributed by atoms with Crippen LogP contribution in [0.1, 0.15) is 12.5 Å². The van der Waals surface area contributed by atoms with Gasteiger partial charge in [0.1, 0.15) is 12.1 Å². The van der Waals surface area contributed by atoms with Crippen molar-refractivity contribution < 1.29 is 18.7 Å². The molecule has 0 aliphatic rings. The van der Waals surface area contributed by atoms with Gasteiger partial charge in [0, 0.05) is 6.20 Å². The first kappa shape index (κ1) is 16.4. The molecule has 3 N–H and O–H groups in total. The molecule has 0 unspecified atom stereocenters. The average molecular weight is 330 g/mol. The highest BCUT2D eigenvalue weighted by molar-refractivity contribution is 7.08. The van der Waals surface area contributed by atoms with E-state index in [-0.39, 0.29) is 6.54 Å². The number of rotatable bonds is 6. The van der Waals surface area contributed by atoms with Gasteiger partial charge in [-0.15, -0.1) is 0 Å². The van der Waals surface area contributed by atoms with Crippen molar-refractivity contribution in [1.82, 2.24) is 15.1 Å². The molecule has 0 spiro atoms. The van der Waals surface area contributed by atoms with Crippen LogP contribution in [0.4, 0.5) is 19.3 Å². The van der Waals surface area contributed by atoms with Gasteiger partial charge in [0.2, 0.25) is 0 Å². The van der Waals surface area contributed by atoms with E-state index >= 15 is 0 Å². The summed E-state index contributed by atoms with van der Waals surface area (Å²) in [6.07, 6.45) is 0.0733. The summed E-state index contributed by atoms with van der Waals surface area (Å²) in [7, 11) is 0. The predicted octanol–water partition coefficient (Wildman–Crippen LogP) is 2.24. The number of carbonyl (C=O) groups excluding carboxylic acids is 1. The maximum absolute atomic E-state index is 12.2. The van der Waals surface area contributed by atoms with E-state index in [1.54, 1.807) is 18.4 Å². The zero-order valence-electron chi connectivity index (χ0n) is 11.8. The molecule has 2 amide bonds. The van der Waals surface area contributed by atoms with Crippen LogP contribution in [0.3, 0.4) is 0 Å². The van der Waals surface area contributed by atoms with Gasteiger partial charge < -0.3 is 15.7 Å². The summed E-state index contributed by atoms with van der Waals surface area (Å²) in [6.45, 7) is 1.08. The number of alkyl halides is 2. The Hall–Kier alpha value is -2.00. The molecule has 0 aliphatic carbocycles. The summed E-state index contributed by atoms with van der Waals surface area (Å²) in [5.41, 5.74) is -0.173. The summed E-state index contributed by atoms with van der Waals surface area (Å²) in [6, 6.07) is 1.23. The summed E-state index contributed by atoms with van der Waals surface area (Å²) in [5, 5.41) is 22.6. The highest BCUT2D eigenvalue weighted by Crippen LogP contribution is 2.22. The average Bonchev–Trinajstić information content (AvgIpc) is 3.08. The Kier molecular flexibility index (Phi) is 5.09. The first-order valence-electron chi connectivity index (χ1n) is 6.47. The number of hydrogen-bond donors (Lipinski definition) is 3. The lowest BCUT2D eigenvalue weighted by atomic mass is 9.99. The number of aliphatic hydroxyl groups is 1. The lowest BCUT2D eigenvalue weighted by Crippen LogP contribution is -2.40. The van der Waals surface area contributed by atoms with Crippen LogP contribution in [0.15, 0.2) is 29.2 Å². The minimum atomic E-state index is -2.51. The lowest BCUT2D eigenvalue weighted by Gasteiger charge is -2.22. The van der Waals surface area contributed by atoms with Crippen molar-refractivity contribution in [2.45, 2.75) is 25.5 Å². The molecule has 1 atom stereocenters. The zero-order chi connectivity index (χ0) is 16.2. The molecule has 2 aromatic rings. The van der Waals surface area contributed by atoms with Crippen molar-refractivity contribution in [2.24, 2.45) is 0 Å². The first-order valence-corrected chi connectivity index (χ1v) is 7.41. The van der Waals surface area contributed by atoms with Gasteiger partial charge >= 0.3 is 6.03 Å².